The van der Waals surface area contributed by atoms with Crippen LogP contribution in [0.5, 0.6) is 5.75 Å². The van der Waals surface area contributed by atoms with Gasteiger partial charge in [0.2, 0.25) is 0 Å². The van der Waals surface area contributed by atoms with Crippen molar-refractivity contribution >= 4 is 10.9 Å². The lowest BCUT2D eigenvalue weighted by Crippen LogP contribution is -2.02. The predicted octanol–water partition coefficient (Wildman–Crippen LogP) is 3.04. The first kappa shape index (κ1) is 13.5. The zero-order valence-electron chi connectivity index (χ0n) is 12.5. The second-order valence-corrected chi connectivity index (χ2v) is 5.01. The van der Waals surface area contributed by atoms with Crippen LogP contribution in [-0.2, 0) is 13.2 Å². The van der Waals surface area contributed by atoms with Gasteiger partial charge in [-0.15, -0.1) is 5.10 Å². The van der Waals surface area contributed by atoms with Gasteiger partial charge < -0.3 is 4.74 Å². The van der Waals surface area contributed by atoms with Crippen molar-refractivity contribution in [1.29, 1.82) is 0 Å². The van der Waals surface area contributed by atoms with Crippen LogP contribution in [0.4, 0.5) is 0 Å². The average Bonchev–Trinajstić information content (AvgIpc) is 2.85. The summed E-state index contributed by atoms with van der Waals surface area (Å²) < 4.78 is 7.79. The summed E-state index contributed by atoms with van der Waals surface area (Å²) in [6.07, 6.45) is 0. The first-order chi connectivity index (χ1) is 10.2. The molecule has 5 nitrogen and oxygen atoms in total. The van der Waals surface area contributed by atoms with Crippen molar-refractivity contribution in [2.75, 3.05) is 0 Å². The maximum absolute atomic E-state index is 5.92. The zero-order chi connectivity index (χ0) is 14.8. The van der Waals surface area contributed by atoms with E-state index in [0.717, 1.165) is 40.3 Å². The molecule has 0 saturated carbocycles. The van der Waals surface area contributed by atoms with Crippen molar-refractivity contribution in [2.45, 2.75) is 33.9 Å². The number of benzene rings is 1. The maximum Gasteiger partial charge on any atom is 0.146 e. The van der Waals surface area contributed by atoms with Gasteiger partial charge in [-0.2, -0.15) is 0 Å². The molecule has 0 saturated heterocycles. The molecule has 5 heteroatoms. The quantitative estimate of drug-likeness (QED) is 0.738. The third kappa shape index (κ3) is 2.59. The molecule has 0 atom stereocenters. The Hall–Kier alpha value is -2.43. The summed E-state index contributed by atoms with van der Waals surface area (Å²) in [5.41, 5.74) is 3.77. The molecule has 3 aromatic rings. The lowest BCUT2D eigenvalue weighted by Gasteiger charge is -2.08. The third-order valence-electron chi connectivity index (χ3n) is 3.56. The van der Waals surface area contributed by atoms with Crippen molar-refractivity contribution in [2.24, 2.45) is 0 Å². The molecule has 0 aliphatic rings. The zero-order valence-corrected chi connectivity index (χ0v) is 12.5. The molecule has 0 amide bonds. The highest BCUT2D eigenvalue weighted by Gasteiger charge is 2.10. The lowest BCUT2D eigenvalue weighted by atomic mass is 10.2. The molecule has 2 heterocycles. The van der Waals surface area contributed by atoms with Gasteiger partial charge in [-0.25, -0.2) is 9.67 Å². The van der Waals surface area contributed by atoms with Gasteiger partial charge >= 0.3 is 0 Å². The lowest BCUT2D eigenvalue weighted by molar-refractivity contribution is 0.303. The SMILES string of the molecule is CCn1nnc(COc2cccc3ccc(C)nc23)c1C. The smallest absolute Gasteiger partial charge is 0.146 e. The van der Waals surface area contributed by atoms with Gasteiger partial charge in [-0.3, -0.25) is 0 Å². The van der Waals surface area contributed by atoms with Gasteiger partial charge in [-0.1, -0.05) is 23.4 Å². The van der Waals surface area contributed by atoms with Crippen LogP contribution in [0.25, 0.3) is 10.9 Å². The van der Waals surface area contributed by atoms with Crippen molar-refractivity contribution in [1.82, 2.24) is 20.0 Å². The van der Waals surface area contributed by atoms with Crippen LogP contribution in [-0.4, -0.2) is 20.0 Å². The van der Waals surface area contributed by atoms with Gasteiger partial charge in [0.05, 0.1) is 5.69 Å². The molecule has 0 spiro atoms. The van der Waals surface area contributed by atoms with Crippen LogP contribution in [0.3, 0.4) is 0 Å². The minimum Gasteiger partial charge on any atom is -0.485 e. The normalized spacial score (nSPS) is 11.0. The molecule has 0 bridgehead atoms. The third-order valence-corrected chi connectivity index (χ3v) is 3.56. The van der Waals surface area contributed by atoms with Crippen molar-refractivity contribution < 1.29 is 4.74 Å². The van der Waals surface area contributed by atoms with E-state index in [-0.39, 0.29) is 0 Å². The molecular weight excluding hydrogens is 264 g/mol. The number of hydrogen-bond donors (Lipinski definition) is 0. The number of aromatic nitrogens is 4. The fourth-order valence-electron chi connectivity index (χ4n) is 2.31. The Bertz CT molecular complexity index is 779. The summed E-state index contributed by atoms with van der Waals surface area (Å²) in [6.45, 7) is 7.25. The molecule has 0 N–H and O–H groups in total. The number of fused-ring (bicyclic) bond motifs is 1. The number of aryl methyl sites for hydroxylation is 2. The van der Waals surface area contributed by atoms with E-state index in [4.69, 9.17) is 4.74 Å². The van der Waals surface area contributed by atoms with E-state index in [1.807, 2.05) is 49.7 Å². The summed E-state index contributed by atoms with van der Waals surface area (Å²) in [5.74, 6) is 0.779. The Balaban J connectivity index is 1.88. The summed E-state index contributed by atoms with van der Waals surface area (Å²) in [5, 5.41) is 9.34. The van der Waals surface area contributed by atoms with Gasteiger partial charge in [0.15, 0.2) is 0 Å². The Morgan fingerprint density at radius 1 is 1.14 bits per heavy atom. The highest BCUT2D eigenvalue weighted by Crippen LogP contribution is 2.24. The Morgan fingerprint density at radius 3 is 2.76 bits per heavy atom. The van der Waals surface area contributed by atoms with E-state index in [1.54, 1.807) is 0 Å². The van der Waals surface area contributed by atoms with Gasteiger partial charge in [0.1, 0.15) is 23.6 Å². The monoisotopic (exact) mass is 282 g/mol. The average molecular weight is 282 g/mol. The summed E-state index contributed by atoms with van der Waals surface area (Å²) in [6, 6.07) is 10.0. The molecular formula is C16H18N4O. The topological polar surface area (TPSA) is 52.8 Å². The molecule has 0 aliphatic heterocycles. The van der Waals surface area contributed by atoms with Crippen LogP contribution in [0, 0.1) is 13.8 Å². The number of ether oxygens (including phenoxy) is 1. The predicted molar refractivity (Wildman–Crippen MR) is 81.2 cm³/mol. The molecule has 0 fully saturated rings. The number of nitrogens with zero attached hydrogens (tertiary/aromatic N) is 4. The highest BCUT2D eigenvalue weighted by atomic mass is 16.5. The van der Waals surface area contributed by atoms with Gasteiger partial charge in [-0.05, 0) is 32.9 Å². The van der Waals surface area contributed by atoms with E-state index in [0.29, 0.717) is 6.61 Å². The summed E-state index contributed by atoms with van der Waals surface area (Å²) >= 11 is 0. The van der Waals surface area contributed by atoms with Crippen LogP contribution in [0.1, 0.15) is 24.0 Å². The molecule has 1 aromatic carbocycles. The van der Waals surface area contributed by atoms with E-state index < -0.39 is 0 Å². The van der Waals surface area contributed by atoms with Crippen LogP contribution >= 0.6 is 0 Å². The standard InChI is InChI=1S/C16H18N4O/c1-4-20-12(3)14(18-19-20)10-21-15-7-5-6-13-9-8-11(2)17-16(13)15/h5-9H,4,10H2,1-3H3. The minimum atomic E-state index is 0.403. The minimum absolute atomic E-state index is 0.403. The van der Waals surface area contributed by atoms with Crippen LogP contribution < -0.4 is 4.74 Å². The summed E-state index contributed by atoms with van der Waals surface area (Å²) in [4.78, 5) is 4.57. The fraction of sp³-hybridized carbons (Fsp3) is 0.312. The van der Waals surface area contributed by atoms with Crippen molar-refractivity contribution in [3.63, 3.8) is 0 Å². The molecule has 21 heavy (non-hydrogen) atoms. The molecule has 3 rings (SSSR count). The Morgan fingerprint density at radius 2 is 2.00 bits per heavy atom. The second kappa shape index (κ2) is 5.52. The fourth-order valence-corrected chi connectivity index (χ4v) is 2.31. The highest BCUT2D eigenvalue weighted by molar-refractivity contribution is 5.84. The van der Waals surface area contributed by atoms with Gasteiger partial charge in [0, 0.05) is 17.6 Å². The largest absolute Gasteiger partial charge is 0.485 e. The Labute approximate surface area is 123 Å². The molecule has 2 aromatic heterocycles. The van der Waals surface area contributed by atoms with Crippen molar-refractivity contribution in [3.05, 3.63) is 47.4 Å². The number of para-hydroxylation sites is 1. The molecule has 0 unspecified atom stereocenters. The van der Waals surface area contributed by atoms with Crippen molar-refractivity contribution in [3.8, 4) is 5.75 Å². The maximum atomic E-state index is 5.92. The molecule has 0 radical (unpaired) electrons. The Kier molecular flexibility index (Phi) is 3.56. The van der Waals surface area contributed by atoms with E-state index in [2.05, 4.69) is 21.4 Å². The first-order valence-corrected chi connectivity index (χ1v) is 7.07. The van der Waals surface area contributed by atoms with E-state index in [9.17, 15) is 0 Å². The number of rotatable bonds is 4. The van der Waals surface area contributed by atoms with E-state index >= 15 is 0 Å². The molecule has 0 aliphatic carbocycles. The molecule has 108 valence electrons. The van der Waals surface area contributed by atoms with Crippen LogP contribution in [0.15, 0.2) is 30.3 Å². The van der Waals surface area contributed by atoms with Gasteiger partial charge in [0.25, 0.3) is 0 Å². The van der Waals surface area contributed by atoms with Crippen LogP contribution in [0.2, 0.25) is 0 Å². The number of hydrogen-bond acceptors (Lipinski definition) is 4. The number of pyridine rings is 1. The van der Waals surface area contributed by atoms with E-state index in [1.165, 1.54) is 0 Å². The second-order valence-electron chi connectivity index (χ2n) is 5.01. The first-order valence-electron chi connectivity index (χ1n) is 7.07. The summed E-state index contributed by atoms with van der Waals surface area (Å²) in [7, 11) is 0.